The minimum Gasteiger partial charge on any atom is -0.480 e. The van der Waals surface area contributed by atoms with Crippen LogP contribution in [0, 0.1) is 6.92 Å². The predicted molar refractivity (Wildman–Crippen MR) is 79.5 cm³/mol. The minimum absolute atomic E-state index is 0.00756. The monoisotopic (exact) mass is 332 g/mol. The fourth-order valence-electron chi connectivity index (χ4n) is 2.75. The molecule has 2 aromatic heterocycles. The van der Waals surface area contributed by atoms with Crippen LogP contribution in [-0.4, -0.2) is 37.8 Å². The van der Waals surface area contributed by atoms with Crippen LogP contribution in [0.2, 0.25) is 0 Å². The number of aryl methyl sites for hydroxylation is 1. The van der Waals surface area contributed by atoms with Gasteiger partial charge in [-0.15, -0.1) is 5.10 Å². The quantitative estimate of drug-likeness (QED) is 0.825. The van der Waals surface area contributed by atoms with E-state index in [0.717, 1.165) is 6.42 Å². The van der Waals surface area contributed by atoms with Gasteiger partial charge in [-0.3, -0.25) is 14.4 Å². The largest absolute Gasteiger partial charge is 0.480 e. The Morgan fingerprint density at radius 3 is 2.92 bits per heavy atom. The molecule has 0 bridgehead atoms. The van der Waals surface area contributed by atoms with E-state index in [1.54, 1.807) is 6.92 Å². The van der Waals surface area contributed by atoms with Gasteiger partial charge in [-0.05, 0) is 13.3 Å². The van der Waals surface area contributed by atoms with Crippen molar-refractivity contribution in [2.75, 3.05) is 0 Å². The van der Waals surface area contributed by atoms with E-state index in [2.05, 4.69) is 15.6 Å². The second-order valence-corrected chi connectivity index (χ2v) is 5.61. The van der Waals surface area contributed by atoms with E-state index in [4.69, 9.17) is 9.52 Å². The highest BCUT2D eigenvalue weighted by atomic mass is 16.4. The topological polar surface area (TPSA) is 127 Å². The van der Waals surface area contributed by atoms with Crippen molar-refractivity contribution in [1.29, 1.82) is 0 Å². The summed E-state index contributed by atoms with van der Waals surface area (Å²) >= 11 is 0. The van der Waals surface area contributed by atoms with Crippen LogP contribution in [0.1, 0.15) is 50.8 Å². The smallest absolute Gasteiger partial charge is 0.325 e. The Balaban J connectivity index is 1.68. The molecular formula is C15H16N4O5. The Labute approximate surface area is 136 Å². The average Bonchev–Trinajstić information content (AvgIpc) is 3.10. The van der Waals surface area contributed by atoms with Gasteiger partial charge in [-0.1, -0.05) is 5.21 Å². The number of hydrogen-bond acceptors (Lipinski definition) is 6. The number of carbonyl (C=O) groups is 3. The lowest BCUT2D eigenvalue weighted by atomic mass is 9.94. The molecule has 0 saturated heterocycles. The van der Waals surface area contributed by atoms with Crippen molar-refractivity contribution < 1.29 is 23.9 Å². The number of nitrogens with one attached hydrogen (secondary N) is 1. The van der Waals surface area contributed by atoms with E-state index in [0.29, 0.717) is 35.4 Å². The van der Waals surface area contributed by atoms with Crippen LogP contribution in [0.3, 0.4) is 0 Å². The summed E-state index contributed by atoms with van der Waals surface area (Å²) < 4.78 is 6.73. The molecule has 1 aliphatic rings. The molecule has 0 radical (unpaired) electrons. The second-order valence-electron chi connectivity index (χ2n) is 5.61. The van der Waals surface area contributed by atoms with Crippen molar-refractivity contribution >= 4 is 17.7 Å². The molecule has 9 heteroatoms. The summed E-state index contributed by atoms with van der Waals surface area (Å²) in [6.07, 6.45) is 3.30. The zero-order valence-corrected chi connectivity index (χ0v) is 13.0. The average molecular weight is 332 g/mol. The van der Waals surface area contributed by atoms with Crippen molar-refractivity contribution in [3.63, 3.8) is 0 Å². The highest BCUT2D eigenvalue weighted by Crippen LogP contribution is 2.29. The molecule has 1 aliphatic carbocycles. The maximum atomic E-state index is 12.3. The summed E-state index contributed by atoms with van der Waals surface area (Å²) in [5.41, 5.74) is 1.51. The lowest BCUT2D eigenvalue weighted by Crippen LogP contribution is -2.23. The van der Waals surface area contributed by atoms with Gasteiger partial charge in [0.05, 0.1) is 18.3 Å². The van der Waals surface area contributed by atoms with Gasteiger partial charge in [0, 0.05) is 18.4 Å². The zero-order chi connectivity index (χ0) is 17.3. The number of Topliss-reactive ketones (excluding diaryl/α,β-unsaturated/α-hetero) is 1. The van der Waals surface area contributed by atoms with Crippen LogP contribution in [0.25, 0.3) is 0 Å². The van der Waals surface area contributed by atoms with E-state index >= 15 is 0 Å². The zero-order valence-electron chi connectivity index (χ0n) is 13.0. The number of aliphatic carboxylic acids is 1. The molecule has 0 aromatic carbocycles. The van der Waals surface area contributed by atoms with E-state index in [9.17, 15) is 14.4 Å². The number of furan rings is 1. The lowest BCUT2D eigenvalue weighted by molar-refractivity contribution is -0.137. The van der Waals surface area contributed by atoms with E-state index < -0.39 is 11.9 Å². The van der Waals surface area contributed by atoms with Crippen LogP contribution in [-0.2, 0) is 24.3 Å². The maximum absolute atomic E-state index is 12.3. The van der Waals surface area contributed by atoms with E-state index in [1.807, 2.05) is 0 Å². The molecule has 0 saturated carbocycles. The maximum Gasteiger partial charge on any atom is 0.325 e. The summed E-state index contributed by atoms with van der Waals surface area (Å²) in [5, 5.41) is 18.8. The van der Waals surface area contributed by atoms with Gasteiger partial charge in [0.15, 0.2) is 11.5 Å². The summed E-state index contributed by atoms with van der Waals surface area (Å²) in [5.74, 6) is -0.762. The fraction of sp³-hybridized carbons (Fsp3) is 0.400. The minimum atomic E-state index is -1.03. The van der Waals surface area contributed by atoms with E-state index in [1.165, 1.54) is 10.9 Å². The van der Waals surface area contributed by atoms with Gasteiger partial charge in [-0.25, -0.2) is 4.68 Å². The molecule has 3 rings (SSSR count). The van der Waals surface area contributed by atoms with Crippen molar-refractivity contribution in [2.45, 2.75) is 39.3 Å². The van der Waals surface area contributed by atoms with Gasteiger partial charge in [-0.2, -0.15) is 0 Å². The molecule has 1 amide bonds. The first kappa shape index (κ1) is 15.9. The van der Waals surface area contributed by atoms with E-state index in [-0.39, 0.29) is 24.6 Å². The van der Waals surface area contributed by atoms with Gasteiger partial charge < -0.3 is 14.8 Å². The first-order valence-electron chi connectivity index (χ1n) is 7.50. The highest BCUT2D eigenvalue weighted by molar-refractivity contribution is 6.03. The van der Waals surface area contributed by atoms with Crippen molar-refractivity contribution in [3.8, 4) is 0 Å². The fourth-order valence-corrected chi connectivity index (χ4v) is 2.75. The number of ketones is 1. The van der Waals surface area contributed by atoms with Gasteiger partial charge in [0.1, 0.15) is 18.0 Å². The van der Waals surface area contributed by atoms with Gasteiger partial charge in [0.2, 0.25) is 0 Å². The normalized spacial score (nSPS) is 13.6. The number of rotatable bonds is 5. The third-order valence-electron chi connectivity index (χ3n) is 3.83. The first-order valence-corrected chi connectivity index (χ1v) is 7.50. The molecule has 0 atom stereocenters. The van der Waals surface area contributed by atoms with Crippen LogP contribution >= 0.6 is 0 Å². The molecule has 126 valence electrons. The number of carboxylic acids is 1. The molecule has 2 heterocycles. The predicted octanol–water partition coefficient (Wildman–Crippen LogP) is 0.713. The molecule has 0 aliphatic heterocycles. The Hall–Kier alpha value is -2.97. The number of amides is 1. The molecule has 0 spiro atoms. The third kappa shape index (κ3) is 3.05. The van der Waals surface area contributed by atoms with Crippen LogP contribution in [0.5, 0.6) is 0 Å². The molecule has 2 N–H and O–H groups in total. The second kappa shape index (κ2) is 6.26. The van der Waals surface area contributed by atoms with Gasteiger partial charge in [0.25, 0.3) is 5.91 Å². The van der Waals surface area contributed by atoms with Gasteiger partial charge >= 0.3 is 5.97 Å². The lowest BCUT2D eigenvalue weighted by Gasteiger charge is -2.07. The summed E-state index contributed by atoms with van der Waals surface area (Å²) in [6, 6.07) is 0. The Morgan fingerprint density at radius 2 is 2.21 bits per heavy atom. The van der Waals surface area contributed by atoms with Crippen LogP contribution < -0.4 is 5.32 Å². The number of nitrogens with zero attached hydrogens (tertiary/aromatic N) is 3. The van der Waals surface area contributed by atoms with Crippen molar-refractivity contribution in [3.05, 3.63) is 34.5 Å². The summed E-state index contributed by atoms with van der Waals surface area (Å²) in [6.45, 7) is 1.48. The molecular weight excluding hydrogens is 316 g/mol. The molecule has 24 heavy (non-hydrogen) atoms. The summed E-state index contributed by atoms with van der Waals surface area (Å²) in [7, 11) is 0. The van der Waals surface area contributed by atoms with Crippen LogP contribution in [0.4, 0.5) is 0 Å². The number of fused-ring (bicyclic) bond motifs is 1. The molecule has 2 aromatic rings. The third-order valence-corrected chi connectivity index (χ3v) is 3.83. The number of carboxylic acid groups (broad SMARTS) is 1. The molecule has 9 nitrogen and oxygen atoms in total. The Kier molecular flexibility index (Phi) is 4.15. The number of aromatic nitrogens is 3. The highest BCUT2D eigenvalue weighted by Gasteiger charge is 2.28. The molecule has 0 unspecified atom stereocenters. The van der Waals surface area contributed by atoms with Crippen molar-refractivity contribution in [2.24, 2.45) is 0 Å². The Bertz CT molecular complexity index is 820. The summed E-state index contributed by atoms with van der Waals surface area (Å²) in [4.78, 5) is 34.8. The standard InChI is InChI=1S/C15H16N4O5/c1-8-13-10(20)3-2-4-11(13)24-14(8)15(23)16-5-9-6-19(18-17-9)7-12(21)22/h6H,2-5,7H2,1H3,(H,16,23)(H,21,22). The SMILES string of the molecule is Cc1c(C(=O)NCc2cn(CC(=O)O)nn2)oc2c1C(=O)CCC2. The van der Waals surface area contributed by atoms with Crippen LogP contribution in [0.15, 0.2) is 10.6 Å². The van der Waals surface area contributed by atoms with Crippen molar-refractivity contribution in [1.82, 2.24) is 20.3 Å². The Morgan fingerprint density at radius 1 is 1.42 bits per heavy atom. The first-order chi connectivity index (χ1) is 11.5. The number of carbonyl (C=O) groups excluding carboxylic acids is 2. The number of hydrogen-bond donors (Lipinski definition) is 2. The molecule has 0 fully saturated rings.